The van der Waals surface area contributed by atoms with Gasteiger partial charge >= 0.3 is 0 Å². The molecule has 0 aromatic rings. The van der Waals surface area contributed by atoms with E-state index in [-0.39, 0.29) is 11.7 Å². The highest BCUT2D eigenvalue weighted by molar-refractivity contribution is 5.89. The molecule has 1 saturated carbocycles. The maximum absolute atomic E-state index is 12.0. The predicted octanol–water partition coefficient (Wildman–Crippen LogP) is 3.00. The van der Waals surface area contributed by atoms with Crippen molar-refractivity contribution in [2.45, 2.75) is 46.0 Å². The number of hydrogen-bond acceptors (Lipinski definition) is 2. The Morgan fingerprint density at radius 3 is 2.80 bits per heavy atom. The van der Waals surface area contributed by atoms with Crippen molar-refractivity contribution >= 4 is 5.78 Å². The summed E-state index contributed by atoms with van der Waals surface area (Å²) in [5, 5.41) is 9.36. The van der Waals surface area contributed by atoms with Crippen molar-refractivity contribution in [1.82, 2.24) is 0 Å². The second-order valence-corrected chi connectivity index (χ2v) is 5.04. The van der Waals surface area contributed by atoms with Gasteiger partial charge < -0.3 is 0 Å². The van der Waals surface area contributed by atoms with Crippen molar-refractivity contribution in [3.63, 3.8) is 0 Å². The largest absolute Gasteiger partial charge is 0.298 e. The van der Waals surface area contributed by atoms with Crippen LogP contribution in [0.5, 0.6) is 0 Å². The second-order valence-electron chi connectivity index (χ2n) is 5.04. The van der Waals surface area contributed by atoms with Gasteiger partial charge in [-0.05, 0) is 45.4 Å². The molecule has 0 spiro atoms. The first-order valence-corrected chi connectivity index (χ1v) is 5.70. The van der Waals surface area contributed by atoms with Crippen molar-refractivity contribution in [3.8, 4) is 6.07 Å². The van der Waals surface area contributed by atoms with Crippen LogP contribution in [0.1, 0.15) is 46.0 Å². The van der Waals surface area contributed by atoms with Crippen LogP contribution in [-0.4, -0.2) is 5.78 Å². The Morgan fingerprint density at radius 2 is 2.13 bits per heavy atom. The van der Waals surface area contributed by atoms with E-state index in [1.54, 1.807) is 0 Å². The lowest BCUT2D eigenvalue weighted by Crippen LogP contribution is -2.43. The van der Waals surface area contributed by atoms with E-state index in [0.29, 0.717) is 12.8 Å². The summed E-state index contributed by atoms with van der Waals surface area (Å²) in [5.74, 6) is 0.473. The van der Waals surface area contributed by atoms with Crippen LogP contribution < -0.4 is 0 Å². The van der Waals surface area contributed by atoms with E-state index in [0.717, 1.165) is 19.3 Å². The van der Waals surface area contributed by atoms with E-state index in [1.807, 2.05) is 0 Å². The van der Waals surface area contributed by atoms with Crippen LogP contribution >= 0.6 is 0 Å². The number of Topliss-reactive ketones (excluding diaryl/α,β-unsaturated/α-hetero) is 1. The van der Waals surface area contributed by atoms with Crippen LogP contribution in [0.3, 0.4) is 0 Å². The zero-order valence-corrected chi connectivity index (χ0v) is 9.47. The summed E-state index contributed by atoms with van der Waals surface area (Å²) in [7, 11) is 0. The molecule has 0 N–H and O–H groups in total. The SMILES string of the molecule is CC1=C(C)C[C@@]2(C#N)C(=O)CCC[C@H]2C1. The molecule has 2 atom stereocenters. The monoisotopic (exact) mass is 203 g/mol. The fourth-order valence-electron chi connectivity index (χ4n) is 3.03. The van der Waals surface area contributed by atoms with E-state index >= 15 is 0 Å². The fourth-order valence-corrected chi connectivity index (χ4v) is 3.03. The standard InChI is InChI=1S/C13H17NO/c1-9-6-11-4-3-5-12(15)13(11,8-14)7-10(9)2/h11H,3-7H2,1-2H3/t11-,13-/m0/s1. The normalized spacial score (nSPS) is 36.1. The minimum Gasteiger partial charge on any atom is -0.298 e. The maximum Gasteiger partial charge on any atom is 0.153 e. The summed E-state index contributed by atoms with van der Waals surface area (Å²) < 4.78 is 0. The molecule has 2 nitrogen and oxygen atoms in total. The topological polar surface area (TPSA) is 40.9 Å². The van der Waals surface area contributed by atoms with Crippen LogP contribution in [0.2, 0.25) is 0 Å². The Bertz CT molecular complexity index is 374. The number of rotatable bonds is 0. The first-order valence-electron chi connectivity index (χ1n) is 5.70. The molecule has 0 bridgehead atoms. The van der Waals surface area contributed by atoms with Gasteiger partial charge in [-0.25, -0.2) is 0 Å². The highest BCUT2D eigenvalue weighted by atomic mass is 16.1. The lowest BCUT2D eigenvalue weighted by molar-refractivity contribution is -0.131. The lowest BCUT2D eigenvalue weighted by Gasteiger charge is -2.41. The predicted molar refractivity (Wildman–Crippen MR) is 58.0 cm³/mol. The van der Waals surface area contributed by atoms with Gasteiger partial charge in [-0.1, -0.05) is 11.1 Å². The quantitative estimate of drug-likeness (QED) is 0.568. The van der Waals surface area contributed by atoms with Crippen LogP contribution in [-0.2, 0) is 4.79 Å². The first kappa shape index (κ1) is 10.4. The number of nitrogens with zero attached hydrogens (tertiary/aromatic N) is 1. The van der Waals surface area contributed by atoms with Crippen molar-refractivity contribution in [1.29, 1.82) is 5.26 Å². The molecule has 0 heterocycles. The third kappa shape index (κ3) is 1.42. The van der Waals surface area contributed by atoms with Crippen LogP contribution in [0.4, 0.5) is 0 Å². The van der Waals surface area contributed by atoms with Crippen molar-refractivity contribution < 1.29 is 4.79 Å². The Kier molecular flexibility index (Phi) is 2.42. The van der Waals surface area contributed by atoms with Gasteiger partial charge in [-0.2, -0.15) is 5.26 Å². The van der Waals surface area contributed by atoms with E-state index in [9.17, 15) is 10.1 Å². The molecule has 1 fully saturated rings. The molecule has 0 aliphatic heterocycles. The zero-order valence-electron chi connectivity index (χ0n) is 9.47. The van der Waals surface area contributed by atoms with Gasteiger partial charge in [0.1, 0.15) is 5.41 Å². The van der Waals surface area contributed by atoms with Crippen LogP contribution in [0.25, 0.3) is 0 Å². The summed E-state index contributed by atoms with van der Waals surface area (Å²) in [6.07, 6.45) is 4.25. The highest BCUT2D eigenvalue weighted by Gasteiger charge is 2.49. The average Bonchev–Trinajstić information content (AvgIpc) is 2.22. The number of fused-ring (bicyclic) bond motifs is 1. The van der Waals surface area contributed by atoms with Gasteiger partial charge in [0, 0.05) is 6.42 Å². The van der Waals surface area contributed by atoms with Gasteiger partial charge in [0.25, 0.3) is 0 Å². The lowest BCUT2D eigenvalue weighted by atomic mass is 9.58. The first-order chi connectivity index (χ1) is 7.10. The van der Waals surface area contributed by atoms with E-state index in [4.69, 9.17) is 0 Å². The Hall–Kier alpha value is -1.10. The minimum atomic E-state index is -0.665. The van der Waals surface area contributed by atoms with Crippen molar-refractivity contribution in [2.24, 2.45) is 11.3 Å². The smallest absolute Gasteiger partial charge is 0.153 e. The number of ketones is 1. The molecule has 2 heteroatoms. The summed E-state index contributed by atoms with van der Waals surface area (Å²) in [6, 6.07) is 2.34. The molecule has 2 aliphatic rings. The Balaban J connectivity index is 2.42. The van der Waals surface area contributed by atoms with Crippen LogP contribution in [0.15, 0.2) is 11.1 Å². The molecule has 0 aromatic heterocycles. The Morgan fingerprint density at radius 1 is 1.40 bits per heavy atom. The van der Waals surface area contributed by atoms with E-state index in [2.05, 4.69) is 19.9 Å². The fraction of sp³-hybridized carbons (Fsp3) is 0.692. The molecule has 0 aromatic carbocycles. The molecular weight excluding hydrogens is 186 g/mol. The molecule has 15 heavy (non-hydrogen) atoms. The minimum absolute atomic E-state index is 0.188. The molecule has 0 saturated heterocycles. The number of nitriles is 1. The van der Waals surface area contributed by atoms with Crippen LogP contribution in [0, 0.1) is 22.7 Å². The van der Waals surface area contributed by atoms with Crippen molar-refractivity contribution in [3.05, 3.63) is 11.1 Å². The number of hydrogen-bond donors (Lipinski definition) is 0. The number of allylic oxidation sites excluding steroid dienone is 2. The van der Waals surface area contributed by atoms with Crippen molar-refractivity contribution in [2.75, 3.05) is 0 Å². The van der Waals surface area contributed by atoms with Gasteiger partial charge in [0.2, 0.25) is 0 Å². The van der Waals surface area contributed by atoms with Gasteiger partial charge in [0.05, 0.1) is 6.07 Å². The molecule has 0 radical (unpaired) electrons. The van der Waals surface area contributed by atoms with Gasteiger partial charge in [0.15, 0.2) is 5.78 Å². The second kappa shape index (κ2) is 3.48. The molecular formula is C13H17NO. The van der Waals surface area contributed by atoms with Gasteiger partial charge in [-0.3, -0.25) is 4.79 Å². The van der Waals surface area contributed by atoms with Gasteiger partial charge in [-0.15, -0.1) is 0 Å². The summed E-state index contributed by atoms with van der Waals surface area (Å²) in [4.78, 5) is 12.0. The number of carbonyl (C=O) groups excluding carboxylic acids is 1. The third-order valence-corrected chi connectivity index (χ3v) is 4.18. The zero-order chi connectivity index (χ0) is 11.1. The molecule has 80 valence electrons. The average molecular weight is 203 g/mol. The summed E-state index contributed by atoms with van der Waals surface area (Å²) >= 11 is 0. The summed E-state index contributed by atoms with van der Waals surface area (Å²) in [6.45, 7) is 4.20. The Labute approximate surface area is 91.0 Å². The molecule has 0 amide bonds. The third-order valence-electron chi connectivity index (χ3n) is 4.18. The molecule has 2 rings (SSSR count). The molecule has 2 aliphatic carbocycles. The van der Waals surface area contributed by atoms with E-state index < -0.39 is 5.41 Å². The number of carbonyl (C=O) groups is 1. The maximum atomic E-state index is 12.0. The highest BCUT2D eigenvalue weighted by Crippen LogP contribution is 2.49. The molecule has 0 unspecified atom stereocenters. The van der Waals surface area contributed by atoms with E-state index in [1.165, 1.54) is 11.1 Å². The summed E-state index contributed by atoms with van der Waals surface area (Å²) in [5.41, 5.74) is 1.98.